The van der Waals surface area contributed by atoms with E-state index in [1.54, 1.807) is 18.2 Å². The van der Waals surface area contributed by atoms with E-state index in [-0.39, 0.29) is 23.5 Å². The Morgan fingerprint density at radius 1 is 0.889 bits per heavy atom. The van der Waals surface area contributed by atoms with Crippen molar-refractivity contribution in [1.82, 2.24) is 0 Å². The number of anilines is 2. The Morgan fingerprint density at radius 2 is 1.56 bits per heavy atom. The second-order valence-corrected chi connectivity index (χ2v) is 7.83. The number of ether oxygens (including phenoxy) is 2. The summed E-state index contributed by atoms with van der Waals surface area (Å²) in [6.07, 6.45) is 1.15. The van der Waals surface area contributed by atoms with Gasteiger partial charge in [0.2, 0.25) is 18.6 Å². The SMILES string of the molecule is O=C1CCCC(=O)N1c1ccc(S(=O)(=O)Nc2ccc3c(c2)OCO3)cc1. The number of hydrogen-bond donors (Lipinski definition) is 1. The van der Waals surface area contributed by atoms with Crippen LogP contribution in [0.5, 0.6) is 11.5 Å². The Kier molecular flexibility index (Phi) is 4.23. The van der Waals surface area contributed by atoms with Crippen LogP contribution in [0, 0.1) is 0 Å². The summed E-state index contributed by atoms with van der Waals surface area (Å²) in [7, 11) is -3.84. The highest BCUT2D eigenvalue weighted by atomic mass is 32.2. The highest BCUT2D eigenvalue weighted by molar-refractivity contribution is 7.92. The maximum atomic E-state index is 12.6. The fourth-order valence-electron chi connectivity index (χ4n) is 2.99. The van der Waals surface area contributed by atoms with Gasteiger partial charge in [0.25, 0.3) is 10.0 Å². The lowest BCUT2D eigenvalue weighted by Gasteiger charge is -2.24. The van der Waals surface area contributed by atoms with Gasteiger partial charge in [-0.25, -0.2) is 8.42 Å². The summed E-state index contributed by atoms with van der Waals surface area (Å²) < 4.78 is 38.1. The van der Waals surface area contributed by atoms with Crippen LogP contribution in [0.15, 0.2) is 47.4 Å². The molecular weight excluding hydrogens is 372 g/mol. The number of nitrogens with one attached hydrogen (secondary N) is 1. The quantitative estimate of drug-likeness (QED) is 0.806. The van der Waals surface area contributed by atoms with Gasteiger partial charge in [-0.15, -0.1) is 0 Å². The van der Waals surface area contributed by atoms with E-state index in [1.807, 2.05) is 0 Å². The van der Waals surface area contributed by atoms with Crippen LogP contribution < -0.4 is 19.1 Å². The monoisotopic (exact) mass is 388 g/mol. The van der Waals surface area contributed by atoms with Crippen LogP contribution in [0.1, 0.15) is 19.3 Å². The van der Waals surface area contributed by atoms with E-state index in [2.05, 4.69) is 4.72 Å². The van der Waals surface area contributed by atoms with Crippen molar-refractivity contribution in [3.63, 3.8) is 0 Å². The number of imide groups is 1. The van der Waals surface area contributed by atoms with Crippen molar-refractivity contribution in [2.75, 3.05) is 16.4 Å². The molecule has 1 fully saturated rings. The minimum Gasteiger partial charge on any atom is -0.454 e. The Bertz CT molecular complexity index is 1000. The molecule has 1 saturated heterocycles. The molecule has 0 spiro atoms. The number of carbonyl (C=O) groups is 2. The fraction of sp³-hybridized carbons (Fsp3) is 0.222. The van der Waals surface area contributed by atoms with Crippen molar-refractivity contribution in [3.05, 3.63) is 42.5 Å². The first-order valence-corrected chi connectivity index (χ1v) is 9.81. The molecule has 2 amide bonds. The van der Waals surface area contributed by atoms with Gasteiger partial charge in [-0.05, 0) is 42.8 Å². The second kappa shape index (κ2) is 6.58. The van der Waals surface area contributed by atoms with E-state index >= 15 is 0 Å². The Hall–Kier alpha value is -3.07. The van der Waals surface area contributed by atoms with Gasteiger partial charge in [-0.1, -0.05) is 0 Å². The second-order valence-electron chi connectivity index (χ2n) is 6.14. The third-order valence-electron chi connectivity index (χ3n) is 4.31. The van der Waals surface area contributed by atoms with Gasteiger partial charge in [0, 0.05) is 18.9 Å². The lowest BCUT2D eigenvalue weighted by atomic mass is 10.1. The third-order valence-corrected chi connectivity index (χ3v) is 5.71. The van der Waals surface area contributed by atoms with E-state index in [0.29, 0.717) is 42.1 Å². The predicted molar refractivity (Wildman–Crippen MR) is 96.2 cm³/mol. The van der Waals surface area contributed by atoms with Gasteiger partial charge >= 0.3 is 0 Å². The number of rotatable bonds is 4. The first-order valence-electron chi connectivity index (χ1n) is 8.32. The van der Waals surface area contributed by atoms with Crippen LogP contribution in [0.25, 0.3) is 0 Å². The van der Waals surface area contributed by atoms with Crippen LogP contribution in [-0.4, -0.2) is 27.0 Å². The van der Waals surface area contributed by atoms with Gasteiger partial charge in [0.1, 0.15) is 0 Å². The standard InChI is InChI=1S/C18H16N2O6S/c21-17-2-1-3-18(22)20(17)13-5-7-14(8-6-13)27(23,24)19-12-4-9-15-16(10-12)26-11-25-15/h4-10,19H,1-3,11H2. The highest BCUT2D eigenvalue weighted by Crippen LogP contribution is 2.35. The van der Waals surface area contributed by atoms with Crippen molar-refractivity contribution < 1.29 is 27.5 Å². The molecule has 27 heavy (non-hydrogen) atoms. The van der Waals surface area contributed by atoms with Crippen molar-refractivity contribution in [3.8, 4) is 11.5 Å². The molecule has 1 N–H and O–H groups in total. The summed E-state index contributed by atoms with van der Waals surface area (Å²) in [4.78, 5) is 25.1. The Balaban J connectivity index is 1.55. The van der Waals surface area contributed by atoms with Gasteiger partial charge in [0.05, 0.1) is 16.3 Å². The minimum atomic E-state index is -3.84. The van der Waals surface area contributed by atoms with Crippen molar-refractivity contribution in [2.24, 2.45) is 0 Å². The van der Waals surface area contributed by atoms with Crippen LogP contribution in [-0.2, 0) is 19.6 Å². The summed E-state index contributed by atoms with van der Waals surface area (Å²) in [6.45, 7) is 0.0982. The normalized spacial score (nSPS) is 16.5. The minimum absolute atomic E-state index is 0.0147. The summed E-state index contributed by atoms with van der Waals surface area (Å²) in [6, 6.07) is 10.4. The number of benzene rings is 2. The predicted octanol–water partition coefficient (Wildman–Crippen LogP) is 2.26. The van der Waals surface area contributed by atoms with E-state index in [1.165, 1.54) is 24.3 Å². The number of nitrogens with zero attached hydrogens (tertiary/aromatic N) is 1. The Morgan fingerprint density at radius 3 is 2.26 bits per heavy atom. The zero-order valence-electron chi connectivity index (χ0n) is 14.2. The van der Waals surface area contributed by atoms with Gasteiger partial charge < -0.3 is 9.47 Å². The average molecular weight is 388 g/mol. The highest BCUT2D eigenvalue weighted by Gasteiger charge is 2.27. The maximum Gasteiger partial charge on any atom is 0.261 e. The van der Waals surface area contributed by atoms with E-state index in [9.17, 15) is 18.0 Å². The number of hydrogen-bond acceptors (Lipinski definition) is 6. The lowest BCUT2D eigenvalue weighted by Crippen LogP contribution is -2.40. The summed E-state index contributed by atoms with van der Waals surface area (Å²) in [5, 5.41) is 0. The zero-order chi connectivity index (χ0) is 19.0. The van der Waals surface area contributed by atoms with Crippen molar-refractivity contribution in [2.45, 2.75) is 24.2 Å². The van der Waals surface area contributed by atoms with Gasteiger partial charge in [-0.3, -0.25) is 19.2 Å². The lowest BCUT2D eigenvalue weighted by molar-refractivity contribution is -0.129. The molecule has 4 rings (SSSR count). The first-order chi connectivity index (χ1) is 12.9. The molecule has 8 nitrogen and oxygen atoms in total. The number of piperidine rings is 1. The molecule has 0 bridgehead atoms. The van der Waals surface area contributed by atoms with Crippen LogP contribution in [0.3, 0.4) is 0 Å². The molecule has 2 aliphatic rings. The topological polar surface area (TPSA) is 102 Å². The van der Waals surface area contributed by atoms with Gasteiger partial charge in [0.15, 0.2) is 11.5 Å². The van der Waals surface area contributed by atoms with Crippen LogP contribution in [0.4, 0.5) is 11.4 Å². The molecule has 2 aromatic carbocycles. The summed E-state index contributed by atoms with van der Waals surface area (Å²) >= 11 is 0. The maximum absolute atomic E-state index is 12.6. The first kappa shape index (κ1) is 17.3. The molecule has 140 valence electrons. The number of carbonyl (C=O) groups excluding carboxylic acids is 2. The molecule has 0 atom stereocenters. The molecular formula is C18H16N2O6S. The molecule has 2 aliphatic heterocycles. The molecule has 0 aromatic heterocycles. The molecule has 0 unspecified atom stereocenters. The van der Waals surface area contributed by atoms with E-state index < -0.39 is 10.0 Å². The summed E-state index contributed by atoms with van der Waals surface area (Å²) in [5.74, 6) is 0.464. The molecule has 0 saturated carbocycles. The third kappa shape index (κ3) is 3.33. The molecule has 2 heterocycles. The van der Waals surface area contributed by atoms with E-state index in [4.69, 9.17) is 9.47 Å². The number of amides is 2. The largest absolute Gasteiger partial charge is 0.454 e. The van der Waals surface area contributed by atoms with Gasteiger partial charge in [-0.2, -0.15) is 0 Å². The fourth-order valence-corrected chi connectivity index (χ4v) is 4.04. The molecule has 0 radical (unpaired) electrons. The molecule has 9 heteroatoms. The number of sulfonamides is 1. The van der Waals surface area contributed by atoms with Crippen molar-refractivity contribution in [1.29, 1.82) is 0 Å². The van der Waals surface area contributed by atoms with Crippen molar-refractivity contribution >= 4 is 33.2 Å². The smallest absolute Gasteiger partial charge is 0.261 e. The summed E-state index contributed by atoms with van der Waals surface area (Å²) in [5.41, 5.74) is 0.705. The Labute approximate surface area is 155 Å². The average Bonchev–Trinajstić information content (AvgIpc) is 3.09. The van der Waals surface area contributed by atoms with Crippen LogP contribution in [0.2, 0.25) is 0 Å². The zero-order valence-corrected chi connectivity index (χ0v) is 15.0. The number of fused-ring (bicyclic) bond motifs is 1. The molecule has 0 aliphatic carbocycles. The van der Waals surface area contributed by atoms with Crippen LogP contribution >= 0.6 is 0 Å². The molecule has 2 aromatic rings. The van der Waals surface area contributed by atoms with E-state index in [0.717, 1.165) is 4.90 Å².